The number of carbonyl (C=O) groups is 2. The van der Waals surface area contributed by atoms with Gasteiger partial charge in [0.05, 0.1) is 37.9 Å². The first-order valence-electron chi connectivity index (χ1n) is 10.3. The highest BCUT2D eigenvalue weighted by molar-refractivity contribution is 5.76. The van der Waals surface area contributed by atoms with Gasteiger partial charge in [-0.3, -0.25) is 9.59 Å². The van der Waals surface area contributed by atoms with Crippen LogP contribution in [0, 0.1) is 5.82 Å². The summed E-state index contributed by atoms with van der Waals surface area (Å²) in [5.41, 5.74) is -0.256. The number of aromatic nitrogens is 5. The molecular formula is C22H24FN5O5. The molecule has 2 heterocycles. The second kappa shape index (κ2) is 11.2. The maximum absolute atomic E-state index is 14.7. The molecule has 0 unspecified atom stereocenters. The highest BCUT2D eigenvalue weighted by atomic mass is 19.1. The molecule has 1 N–H and O–H groups in total. The van der Waals surface area contributed by atoms with Crippen LogP contribution in [-0.2, 0) is 31.2 Å². The number of esters is 1. The minimum Gasteiger partial charge on any atom is -0.481 e. The molecule has 10 nitrogen and oxygen atoms in total. The van der Waals surface area contributed by atoms with Crippen LogP contribution in [-0.4, -0.2) is 55.0 Å². The van der Waals surface area contributed by atoms with Gasteiger partial charge >= 0.3 is 11.9 Å². The van der Waals surface area contributed by atoms with Crippen molar-refractivity contribution >= 4 is 11.9 Å². The smallest absolute Gasteiger partial charge is 0.306 e. The molecule has 174 valence electrons. The lowest BCUT2D eigenvalue weighted by Gasteiger charge is -2.39. The summed E-state index contributed by atoms with van der Waals surface area (Å²) in [6, 6.07) is 9.23. The number of carboxylic acid groups (broad SMARTS) is 1. The first kappa shape index (κ1) is 23.9. The Hall–Kier alpha value is -3.73. The largest absolute Gasteiger partial charge is 0.481 e. The van der Waals surface area contributed by atoms with Crippen molar-refractivity contribution in [1.29, 1.82) is 0 Å². The molecule has 2 aromatic heterocycles. The van der Waals surface area contributed by atoms with E-state index in [4.69, 9.17) is 14.6 Å². The molecule has 1 aromatic carbocycles. The second-order valence-corrected chi connectivity index (χ2v) is 7.29. The van der Waals surface area contributed by atoms with Crippen molar-refractivity contribution in [3.8, 4) is 0 Å². The highest BCUT2D eigenvalue weighted by Gasteiger charge is 2.43. The summed E-state index contributed by atoms with van der Waals surface area (Å²) in [5, 5.41) is 12.9. The zero-order chi connectivity index (χ0) is 23.7. The van der Waals surface area contributed by atoms with Crippen molar-refractivity contribution < 1.29 is 28.6 Å². The summed E-state index contributed by atoms with van der Waals surface area (Å²) in [4.78, 5) is 34.2. The Morgan fingerprint density at radius 1 is 1.15 bits per heavy atom. The Kier molecular flexibility index (Phi) is 8.14. The normalized spacial score (nSPS) is 13.8. The average molecular weight is 457 g/mol. The minimum atomic E-state index is -1.16. The van der Waals surface area contributed by atoms with E-state index in [0.717, 1.165) is 11.8 Å². The van der Waals surface area contributed by atoms with Crippen LogP contribution >= 0.6 is 0 Å². The Labute approximate surface area is 189 Å². The zero-order valence-electron chi connectivity index (χ0n) is 18.0. The Morgan fingerprint density at radius 3 is 2.61 bits per heavy atom. The van der Waals surface area contributed by atoms with Gasteiger partial charge in [0.2, 0.25) is 0 Å². The average Bonchev–Trinajstić information content (AvgIpc) is 3.33. The molecule has 0 saturated heterocycles. The molecule has 3 aromatic rings. The van der Waals surface area contributed by atoms with Crippen LogP contribution in [0.25, 0.3) is 0 Å². The number of hydrogen-bond acceptors (Lipinski definition) is 8. The lowest BCUT2D eigenvalue weighted by atomic mass is 9.79. The van der Waals surface area contributed by atoms with Crippen molar-refractivity contribution in [2.75, 3.05) is 13.2 Å². The molecule has 2 atom stereocenters. The number of ether oxygens (including phenoxy) is 2. The molecule has 0 saturated carbocycles. The molecule has 0 spiro atoms. The van der Waals surface area contributed by atoms with Crippen LogP contribution in [0.15, 0.2) is 55.5 Å². The summed E-state index contributed by atoms with van der Waals surface area (Å²) in [6.45, 7) is 1.83. The maximum atomic E-state index is 14.7. The molecule has 11 heteroatoms. The maximum Gasteiger partial charge on any atom is 0.306 e. The lowest BCUT2D eigenvalue weighted by molar-refractivity contribution is -0.152. The van der Waals surface area contributed by atoms with Gasteiger partial charge in [-0.05, 0) is 5.56 Å². The van der Waals surface area contributed by atoms with Gasteiger partial charge in [-0.1, -0.05) is 37.3 Å². The highest BCUT2D eigenvalue weighted by Crippen LogP contribution is 2.41. The number of halogens is 1. The van der Waals surface area contributed by atoms with E-state index in [0.29, 0.717) is 0 Å². The van der Waals surface area contributed by atoms with Gasteiger partial charge in [0.15, 0.2) is 5.82 Å². The predicted octanol–water partition coefficient (Wildman–Crippen LogP) is 2.33. The second-order valence-electron chi connectivity index (χ2n) is 7.29. The summed E-state index contributed by atoms with van der Waals surface area (Å²) < 4.78 is 27.7. The van der Waals surface area contributed by atoms with Crippen molar-refractivity contribution in [1.82, 2.24) is 24.7 Å². The lowest BCUT2D eigenvalue weighted by Crippen LogP contribution is -2.41. The van der Waals surface area contributed by atoms with E-state index in [9.17, 15) is 14.0 Å². The number of benzene rings is 1. The van der Waals surface area contributed by atoms with Crippen LogP contribution in [0.3, 0.4) is 0 Å². The molecule has 0 aliphatic rings. The third-order valence-electron chi connectivity index (χ3n) is 5.18. The van der Waals surface area contributed by atoms with Gasteiger partial charge < -0.3 is 14.6 Å². The van der Waals surface area contributed by atoms with Gasteiger partial charge in [-0.2, -0.15) is 5.10 Å². The number of carboxylic acids is 1. The molecule has 33 heavy (non-hydrogen) atoms. The van der Waals surface area contributed by atoms with Gasteiger partial charge in [0.25, 0.3) is 0 Å². The number of hydrogen-bond donors (Lipinski definition) is 1. The van der Waals surface area contributed by atoms with Crippen LogP contribution in [0.2, 0.25) is 0 Å². The van der Waals surface area contributed by atoms with Gasteiger partial charge in [0, 0.05) is 5.92 Å². The molecule has 0 fully saturated rings. The molecule has 3 rings (SSSR count). The monoisotopic (exact) mass is 457 g/mol. The zero-order valence-corrected chi connectivity index (χ0v) is 18.0. The van der Waals surface area contributed by atoms with E-state index < -0.39 is 29.3 Å². The molecule has 0 amide bonds. The summed E-state index contributed by atoms with van der Waals surface area (Å²) in [6.07, 6.45) is 4.72. The third kappa shape index (κ3) is 6.16. The number of rotatable bonds is 12. The SMILES string of the molecule is C[C@@H](c1ncncc1F)[C@@](Cn1cncn1)(OCCOC(=O)CCC(=O)O)c1ccccc1. The Morgan fingerprint density at radius 2 is 1.94 bits per heavy atom. The van der Waals surface area contributed by atoms with E-state index in [-0.39, 0.29) is 38.3 Å². The van der Waals surface area contributed by atoms with E-state index in [1.165, 1.54) is 19.0 Å². The number of nitrogens with zero attached hydrogens (tertiary/aromatic N) is 5. The third-order valence-corrected chi connectivity index (χ3v) is 5.18. The first-order valence-corrected chi connectivity index (χ1v) is 10.3. The predicted molar refractivity (Wildman–Crippen MR) is 112 cm³/mol. The molecule has 0 aliphatic heterocycles. The van der Waals surface area contributed by atoms with Crippen LogP contribution in [0.1, 0.15) is 36.9 Å². The van der Waals surface area contributed by atoms with Crippen LogP contribution in [0.5, 0.6) is 0 Å². The van der Waals surface area contributed by atoms with Crippen molar-refractivity contribution in [2.45, 2.75) is 37.8 Å². The van der Waals surface area contributed by atoms with E-state index in [2.05, 4.69) is 20.1 Å². The molecule has 0 aliphatic carbocycles. The van der Waals surface area contributed by atoms with Gasteiger partial charge in [-0.15, -0.1) is 0 Å². The fourth-order valence-electron chi connectivity index (χ4n) is 3.53. The van der Waals surface area contributed by atoms with Crippen molar-refractivity contribution in [2.24, 2.45) is 0 Å². The van der Waals surface area contributed by atoms with E-state index >= 15 is 0 Å². The Balaban J connectivity index is 1.89. The van der Waals surface area contributed by atoms with Crippen LogP contribution < -0.4 is 0 Å². The van der Waals surface area contributed by atoms with Gasteiger partial charge in [-0.25, -0.2) is 24.0 Å². The topological polar surface area (TPSA) is 129 Å². The standard InChI is InChI=1S/C22H24FN5O5/c1-16(21-18(23)11-24-13-26-21)22(12-28-15-25-14-27-28,17-5-3-2-4-6-17)33-10-9-32-20(31)8-7-19(29)30/h2-6,11,13-16H,7-10,12H2,1H3,(H,29,30)/t16-,22+/m0/s1. The number of aliphatic carboxylic acids is 1. The van der Waals surface area contributed by atoms with Crippen LogP contribution in [0.4, 0.5) is 4.39 Å². The minimum absolute atomic E-state index is 0.0283. The van der Waals surface area contributed by atoms with Gasteiger partial charge in [0.1, 0.15) is 31.2 Å². The molecule has 0 radical (unpaired) electrons. The van der Waals surface area contributed by atoms with E-state index in [1.54, 1.807) is 11.6 Å². The number of carbonyl (C=O) groups excluding carboxylic acids is 1. The quantitative estimate of drug-likeness (QED) is 0.322. The molecule has 0 bridgehead atoms. The first-order chi connectivity index (χ1) is 15.9. The fourth-order valence-corrected chi connectivity index (χ4v) is 3.53. The summed E-state index contributed by atoms with van der Waals surface area (Å²) in [7, 11) is 0. The van der Waals surface area contributed by atoms with E-state index in [1.807, 2.05) is 30.3 Å². The fraction of sp³-hybridized carbons (Fsp3) is 0.364. The van der Waals surface area contributed by atoms with Crippen molar-refractivity contribution in [3.05, 3.63) is 72.6 Å². The summed E-state index contributed by atoms with van der Waals surface area (Å²) in [5.74, 6) is -2.90. The Bertz CT molecular complexity index is 1050. The summed E-state index contributed by atoms with van der Waals surface area (Å²) >= 11 is 0. The molecular weight excluding hydrogens is 433 g/mol. The van der Waals surface area contributed by atoms with Crippen molar-refractivity contribution in [3.63, 3.8) is 0 Å².